The highest BCUT2D eigenvalue weighted by molar-refractivity contribution is 4.86. The van der Waals surface area contributed by atoms with E-state index in [1.54, 1.807) is 0 Å². The van der Waals surface area contributed by atoms with E-state index in [0.29, 0.717) is 6.04 Å². The van der Waals surface area contributed by atoms with E-state index in [1.165, 1.54) is 44.9 Å². The van der Waals surface area contributed by atoms with Crippen LogP contribution in [0.15, 0.2) is 12.7 Å². The van der Waals surface area contributed by atoms with Gasteiger partial charge in [-0.2, -0.15) is 0 Å². The summed E-state index contributed by atoms with van der Waals surface area (Å²) >= 11 is 0. The minimum Gasteiger partial charge on any atom is -0.314 e. The van der Waals surface area contributed by atoms with Crippen LogP contribution in [0.2, 0.25) is 0 Å². The van der Waals surface area contributed by atoms with Crippen molar-refractivity contribution in [3.63, 3.8) is 0 Å². The third kappa shape index (κ3) is 5.25. The summed E-state index contributed by atoms with van der Waals surface area (Å²) in [5, 5.41) is 3.64. The van der Waals surface area contributed by atoms with E-state index < -0.39 is 0 Å². The van der Waals surface area contributed by atoms with Gasteiger partial charge in [-0.3, -0.25) is 0 Å². The molecule has 0 radical (unpaired) electrons. The molecule has 1 aliphatic carbocycles. The molecule has 0 aromatic heterocycles. The Labute approximate surface area is 108 Å². The number of nitrogens with one attached hydrogen (secondary N) is 1. The minimum atomic E-state index is 0.685. The van der Waals surface area contributed by atoms with Crippen LogP contribution in [-0.2, 0) is 0 Å². The van der Waals surface area contributed by atoms with Crippen molar-refractivity contribution in [1.82, 2.24) is 5.32 Å². The van der Waals surface area contributed by atoms with Crippen LogP contribution in [0.1, 0.15) is 65.2 Å². The van der Waals surface area contributed by atoms with Crippen molar-refractivity contribution < 1.29 is 0 Å². The van der Waals surface area contributed by atoms with Crippen molar-refractivity contribution in [2.24, 2.45) is 11.8 Å². The van der Waals surface area contributed by atoms with Crippen molar-refractivity contribution in [2.75, 3.05) is 6.54 Å². The van der Waals surface area contributed by atoms with Gasteiger partial charge in [0, 0.05) is 6.04 Å². The Balaban J connectivity index is 2.30. The molecular weight excluding hydrogens is 206 g/mol. The van der Waals surface area contributed by atoms with Gasteiger partial charge >= 0.3 is 0 Å². The van der Waals surface area contributed by atoms with E-state index in [-0.39, 0.29) is 0 Å². The highest BCUT2D eigenvalue weighted by Crippen LogP contribution is 2.34. The van der Waals surface area contributed by atoms with Crippen LogP contribution < -0.4 is 5.32 Å². The lowest BCUT2D eigenvalue weighted by molar-refractivity contribution is 0.213. The molecule has 0 heterocycles. The summed E-state index contributed by atoms with van der Waals surface area (Å²) in [6, 6.07) is 0.685. The third-order valence-electron chi connectivity index (χ3n) is 4.31. The molecule has 1 fully saturated rings. The fraction of sp³-hybridized carbons (Fsp3) is 0.875. The molecule has 17 heavy (non-hydrogen) atoms. The number of unbranched alkanes of at least 4 members (excludes halogenated alkanes) is 1. The largest absolute Gasteiger partial charge is 0.314 e. The minimum absolute atomic E-state index is 0.685. The first-order valence-electron chi connectivity index (χ1n) is 7.66. The predicted octanol–water partition coefficient (Wildman–Crippen LogP) is 4.54. The molecule has 0 aliphatic heterocycles. The molecule has 1 rings (SSSR count). The van der Waals surface area contributed by atoms with Crippen molar-refractivity contribution in [3.8, 4) is 0 Å². The number of hydrogen-bond donors (Lipinski definition) is 1. The van der Waals surface area contributed by atoms with E-state index in [1.807, 2.05) is 0 Å². The molecule has 1 saturated carbocycles. The van der Waals surface area contributed by atoms with Gasteiger partial charge in [-0.1, -0.05) is 52.0 Å². The molecule has 1 atom stereocenters. The van der Waals surface area contributed by atoms with Crippen LogP contribution in [0, 0.1) is 11.8 Å². The second kappa shape index (κ2) is 8.74. The van der Waals surface area contributed by atoms with E-state index in [0.717, 1.165) is 24.8 Å². The molecule has 100 valence electrons. The number of rotatable bonds is 8. The zero-order valence-corrected chi connectivity index (χ0v) is 11.9. The molecule has 1 unspecified atom stereocenters. The average Bonchev–Trinajstić information content (AvgIpc) is 2.37. The van der Waals surface area contributed by atoms with Gasteiger partial charge < -0.3 is 5.32 Å². The Morgan fingerprint density at radius 3 is 2.47 bits per heavy atom. The molecule has 1 nitrogen and oxygen atoms in total. The molecule has 1 aliphatic rings. The van der Waals surface area contributed by atoms with Gasteiger partial charge in [0.15, 0.2) is 0 Å². The van der Waals surface area contributed by atoms with Crippen LogP contribution in [-0.4, -0.2) is 12.6 Å². The zero-order valence-electron chi connectivity index (χ0n) is 11.9. The Hall–Kier alpha value is -0.300. The molecule has 0 aromatic carbocycles. The van der Waals surface area contributed by atoms with Crippen molar-refractivity contribution >= 4 is 0 Å². The molecule has 0 saturated heterocycles. The lowest BCUT2D eigenvalue weighted by Crippen LogP contribution is -2.37. The first-order valence-corrected chi connectivity index (χ1v) is 7.66. The van der Waals surface area contributed by atoms with E-state index in [9.17, 15) is 0 Å². The maximum atomic E-state index is 3.89. The smallest absolute Gasteiger partial charge is 0.0130 e. The predicted molar refractivity (Wildman–Crippen MR) is 77.3 cm³/mol. The second-order valence-corrected chi connectivity index (χ2v) is 5.61. The van der Waals surface area contributed by atoms with Crippen molar-refractivity contribution in [1.29, 1.82) is 0 Å². The standard InChI is InChI=1S/C16H31N/c1-4-7-9-14-10-12-15(13-11-14)16(8-5-2)17-6-3/h5,14-17H,2,4,6-13H2,1,3H3. The average molecular weight is 237 g/mol. The van der Waals surface area contributed by atoms with E-state index in [4.69, 9.17) is 0 Å². The molecule has 0 spiro atoms. The van der Waals surface area contributed by atoms with Crippen LogP contribution in [0.25, 0.3) is 0 Å². The topological polar surface area (TPSA) is 12.0 Å². The Morgan fingerprint density at radius 1 is 1.24 bits per heavy atom. The molecule has 1 heteroatoms. The Morgan fingerprint density at radius 2 is 1.94 bits per heavy atom. The van der Waals surface area contributed by atoms with Gasteiger partial charge in [0.2, 0.25) is 0 Å². The van der Waals surface area contributed by atoms with Gasteiger partial charge in [0.05, 0.1) is 0 Å². The van der Waals surface area contributed by atoms with Gasteiger partial charge in [0.25, 0.3) is 0 Å². The SMILES string of the molecule is C=CCC(NCC)C1CCC(CCCC)CC1. The molecule has 0 amide bonds. The van der Waals surface area contributed by atoms with Gasteiger partial charge in [-0.15, -0.1) is 6.58 Å². The van der Waals surface area contributed by atoms with Gasteiger partial charge in [-0.05, 0) is 37.6 Å². The fourth-order valence-corrected chi connectivity index (χ4v) is 3.26. The first kappa shape index (κ1) is 14.8. The van der Waals surface area contributed by atoms with Crippen LogP contribution in [0.5, 0.6) is 0 Å². The molecule has 1 N–H and O–H groups in total. The summed E-state index contributed by atoms with van der Waals surface area (Å²) in [5.41, 5.74) is 0. The second-order valence-electron chi connectivity index (χ2n) is 5.61. The normalized spacial score (nSPS) is 26.7. The summed E-state index contributed by atoms with van der Waals surface area (Å²) in [4.78, 5) is 0. The lowest BCUT2D eigenvalue weighted by Gasteiger charge is -2.34. The van der Waals surface area contributed by atoms with Crippen molar-refractivity contribution in [2.45, 2.75) is 71.3 Å². The quantitative estimate of drug-likeness (QED) is 0.611. The van der Waals surface area contributed by atoms with Gasteiger partial charge in [-0.25, -0.2) is 0 Å². The fourth-order valence-electron chi connectivity index (χ4n) is 3.26. The van der Waals surface area contributed by atoms with Gasteiger partial charge in [0.1, 0.15) is 0 Å². The van der Waals surface area contributed by atoms with E-state index >= 15 is 0 Å². The summed E-state index contributed by atoms with van der Waals surface area (Å²) in [6.07, 6.45) is 13.3. The zero-order chi connectivity index (χ0) is 12.5. The number of hydrogen-bond acceptors (Lipinski definition) is 1. The molecule has 0 aromatic rings. The summed E-state index contributed by atoms with van der Waals surface area (Å²) in [7, 11) is 0. The van der Waals surface area contributed by atoms with Crippen molar-refractivity contribution in [3.05, 3.63) is 12.7 Å². The summed E-state index contributed by atoms with van der Waals surface area (Å²) in [6.45, 7) is 9.50. The maximum Gasteiger partial charge on any atom is 0.0130 e. The van der Waals surface area contributed by atoms with Crippen LogP contribution in [0.4, 0.5) is 0 Å². The highest BCUT2D eigenvalue weighted by Gasteiger charge is 2.25. The van der Waals surface area contributed by atoms with E-state index in [2.05, 4.69) is 31.8 Å². The Kier molecular flexibility index (Phi) is 7.59. The van der Waals surface area contributed by atoms with Crippen LogP contribution >= 0.6 is 0 Å². The molecular formula is C16H31N. The summed E-state index contributed by atoms with van der Waals surface area (Å²) < 4.78 is 0. The van der Waals surface area contributed by atoms with Crippen LogP contribution in [0.3, 0.4) is 0 Å². The highest BCUT2D eigenvalue weighted by atomic mass is 14.9. The third-order valence-corrected chi connectivity index (χ3v) is 4.31. The lowest BCUT2D eigenvalue weighted by atomic mass is 9.76. The first-order chi connectivity index (χ1) is 8.31. The summed E-state index contributed by atoms with van der Waals surface area (Å²) in [5.74, 6) is 1.92. The monoisotopic (exact) mass is 237 g/mol. The molecule has 0 bridgehead atoms. The Bertz CT molecular complexity index is 192. The maximum absolute atomic E-state index is 3.89.